The summed E-state index contributed by atoms with van der Waals surface area (Å²) < 4.78 is 14.0. The van der Waals surface area contributed by atoms with Crippen molar-refractivity contribution < 1.29 is 9.50 Å². The van der Waals surface area contributed by atoms with Crippen molar-refractivity contribution in [2.45, 2.75) is 6.54 Å². The average molecular weight is 480 g/mol. The number of hydrogen-bond acceptors (Lipinski definition) is 6. The van der Waals surface area contributed by atoms with Crippen LogP contribution in [-0.4, -0.2) is 54.2 Å². The van der Waals surface area contributed by atoms with Crippen LogP contribution in [0, 0.1) is 5.82 Å². The molecule has 3 N–H and O–H groups in total. The first-order valence-electron chi connectivity index (χ1n) is 11.4. The fourth-order valence-corrected chi connectivity index (χ4v) is 4.44. The van der Waals surface area contributed by atoms with Gasteiger partial charge in [0.1, 0.15) is 17.3 Å². The number of nitrogens with one attached hydrogen (secondary N) is 2. The van der Waals surface area contributed by atoms with E-state index in [1.807, 2.05) is 44.6 Å². The lowest BCUT2D eigenvalue weighted by atomic mass is 10.0. The number of nitrogens with zero attached hydrogens (tertiary/aromatic N) is 5. The Morgan fingerprint density at radius 1 is 0.972 bits per heavy atom. The first-order valence-corrected chi connectivity index (χ1v) is 11.4. The van der Waals surface area contributed by atoms with Crippen molar-refractivity contribution in [3.05, 3.63) is 78.5 Å². The fraction of sp³-hybridized carbons (Fsp3) is 0.111. The summed E-state index contributed by atoms with van der Waals surface area (Å²) in [6.45, 7) is 0.782. The van der Waals surface area contributed by atoms with Crippen LogP contribution in [-0.2, 0) is 6.54 Å². The molecule has 6 rings (SSSR count). The predicted molar refractivity (Wildman–Crippen MR) is 137 cm³/mol. The highest BCUT2D eigenvalue weighted by atomic mass is 19.1. The lowest BCUT2D eigenvalue weighted by Gasteiger charge is -2.10. The van der Waals surface area contributed by atoms with Crippen LogP contribution < -0.4 is 0 Å². The van der Waals surface area contributed by atoms with Crippen molar-refractivity contribution in [3.8, 4) is 39.7 Å². The molecular weight excluding hydrogens is 457 g/mol. The normalized spacial score (nSPS) is 11.7. The molecule has 0 spiro atoms. The van der Waals surface area contributed by atoms with Gasteiger partial charge in [0.2, 0.25) is 0 Å². The Morgan fingerprint density at radius 3 is 2.69 bits per heavy atom. The SMILES string of the molecule is CN(C)Cc1cncc(-c2cc3c(-c4nc5c(-c6cc(O)cc(F)c6)cccc5[nH]4)n[nH]c3cn2)c1. The highest BCUT2D eigenvalue weighted by molar-refractivity contribution is 5.97. The van der Waals surface area contributed by atoms with E-state index in [1.54, 1.807) is 12.4 Å². The molecule has 0 atom stereocenters. The van der Waals surface area contributed by atoms with Gasteiger partial charge < -0.3 is 15.0 Å². The zero-order valence-electron chi connectivity index (χ0n) is 19.6. The van der Waals surface area contributed by atoms with Crippen molar-refractivity contribution in [2.24, 2.45) is 0 Å². The second kappa shape index (κ2) is 8.54. The van der Waals surface area contributed by atoms with Crippen molar-refractivity contribution in [2.75, 3.05) is 14.1 Å². The topological polar surface area (TPSA) is 107 Å². The van der Waals surface area contributed by atoms with Gasteiger partial charge in [-0.25, -0.2) is 9.37 Å². The number of fused-ring (bicyclic) bond motifs is 2. The van der Waals surface area contributed by atoms with Crippen molar-refractivity contribution in [1.82, 2.24) is 35.0 Å². The summed E-state index contributed by atoms with van der Waals surface area (Å²) in [6, 6.07) is 13.6. The molecule has 0 fully saturated rings. The molecule has 0 unspecified atom stereocenters. The van der Waals surface area contributed by atoms with Crippen LogP contribution in [0.3, 0.4) is 0 Å². The van der Waals surface area contributed by atoms with Gasteiger partial charge in [0, 0.05) is 41.5 Å². The van der Waals surface area contributed by atoms with Gasteiger partial charge in [0.25, 0.3) is 0 Å². The van der Waals surface area contributed by atoms with E-state index >= 15 is 0 Å². The molecule has 0 aliphatic rings. The second-order valence-corrected chi connectivity index (χ2v) is 8.99. The summed E-state index contributed by atoms with van der Waals surface area (Å²) in [5.41, 5.74) is 6.90. The van der Waals surface area contributed by atoms with Gasteiger partial charge in [-0.15, -0.1) is 0 Å². The maximum atomic E-state index is 14.0. The molecule has 6 aromatic rings. The monoisotopic (exact) mass is 479 g/mol. The summed E-state index contributed by atoms with van der Waals surface area (Å²) in [6.07, 6.45) is 5.41. The van der Waals surface area contributed by atoms with Crippen LogP contribution in [0.4, 0.5) is 4.39 Å². The summed E-state index contributed by atoms with van der Waals surface area (Å²) in [5.74, 6) is -0.0820. The number of phenols is 1. The van der Waals surface area contributed by atoms with E-state index in [4.69, 9.17) is 4.98 Å². The number of imidazole rings is 1. The molecule has 0 radical (unpaired) electrons. The zero-order valence-corrected chi connectivity index (χ0v) is 19.6. The van der Waals surface area contributed by atoms with Crippen molar-refractivity contribution in [1.29, 1.82) is 0 Å². The lowest BCUT2D eigenvalue weighted by molar-refractivity contribution is 0.402. The van der Waals surface area contributed by atoms with Crippen molar-refractivity contribution >= 4 is 21.9 Å². The quantitative estimate of drug-likeness (QED) is 0.316. The number of aromatic nitrogens is 6. The third-order valence-corrected chi connectivity index (χ3v) is 5.97. The second-order valence-electron chi connectivity index (χ2n) is 8.99. The zero-order chi connectivity index (χ0) is 24.8. The van der Waals surface area contributed by atoms with E-state index in [2.05, 4.69) is 36.1 Å². The summed E-state index contributed by atoms with van der Waals surface area (Å²) in [7, 11) is 4.04. The van der Waals surface area contributed by atoms with Gasteiger partial charge in [0.15, 0.2) is 5.82 Å². The van der Waals surface area contributed by atoms with E-state index in [9.17, 15) is 9.50 Å². The Labute approximate surface area is 205 Å². The van der Waals surface area contributed by atoms with E-state index < -0.39 is 5.82 Å². The van der Waals surface area contributed by atoms with E-state index in [0.29, 0.717) is 28.2 Å². The first-order chi connectivity index (χ1) is 17.4. The lowest BCUT2D eigenvalue weighted by Crippen LogP contribution is -2.10. The van der Waals surface area contributed by atoms with Gasteiger partial charge in [-0.05, 0) is 55.6 Å². The number of benzene rings is 2. The molecule has 0 bridgehead atoms. The van der Waals surface area contributed by atoms with E-state index in [-0.39, 0.29) is 5.75 Å². The average Bonchev–Trinajstić information content (AvgIpc) is 3.46. The van der Waals surface area contributed by atoms with Crippen LogP contribution in [0.1, 0.15) is 5.56 Å². The van der Waals surface area contributed by atoms with Gasteiger partial charge in [-0.2, -0.15) is 5.10 Å². The maximum Gasteiger partial charge on any atom is 0.159 e. The highest BCUT2D eigenvalue weighted by Crippen LogP contribution is 2.34. The third-order valence-electron chi connectivity index (χ3n) is 5.97. The molecule has 2 aromatic carbocycles. The number of aromatic amines is 2. The number of halogens is 1. The van der Waals surface area contributed by atoms with Gasteiger partial charge in [-0.3, -0.25) is 15.1 Å². The Morgan fingerprint density at radius 2 is 1.86 bits per heavy atom. The molecule has 36 heavy (non-hydrogen) atoms. The molecule has 9 heteroatoms. The number of phenolic OH excluding ortho intramolecular Hbond substituents is 1. The third kappa shape index (κ3) is 3.95. The van der Waals surface area contributed by atoms with Gasteiger partial charge in [0.05, 0.1) is 28.4 Å². The molecule has 178 valence electrons. The molecule has 0 saturated heterocycles. The number of hydrogen-bond donors (Lipinski definition) is 3. The highest BCUT2D eigenvalue weighted by Gasteiger charge is 2.17. The summed E-state index contributed by atoms with van der Waals surface area (Å²) in [4.78, 5) is 19.2. The largest absolute Gasteiger partial charge is 0.508 e. The molecule has 4 heterocycles. The minimum absolute atomic E-state index is 0.139. The number of rotatable bonds is 5. The molecule has 4 aromatic heterocycles. The standard InChI is InChI=1S/C27H22FN7O/c1-35(2)14-15-6-17(12-29-11-15)23-10-21-24(13-30-23)33-34-26(21)27-31-22-5-3-4-20(25(22)32-27)16-7-18(28)9-19(36)8-16/h3-13,36H,14H2,1-2H3,(H,31,32)(H,33,34). The number of pyridine rings is 2. The summed E-state index contributed by atoms with van der Waals surface area (Å²) >= 11 is 0. The van der Waals surface area contributed by atoms with E-state index in [0.717, 1.165) is 45.9 Å². The molecule has 0 saturated carbocycles. The smallest absolute Gasteiger partial charge is 0.159 e. The minimum Gasteiger partial charge on any atom is -0.508 e. The van der Waals surface area contributed by atoms with Gasteiger partial charge >= 0.3 is 0 Å². The maximum absolute atomic E-state index is 14.0. The van der Waals surface area contributed by atoms with Crippen molar-refractivity contribution in [3.63, 3.8) is 0 Å². The Balaban J connectivity index is 1.45. The molecule has 0 aliphatic heterocycles. The fourth-order valence-electron chi connectivity index (χ4n) is 4.44. The van der Waals surface area contributed by atoms with Gasteiger partial charge in [-0.1, -0.05) is 12.1 Å². The number of aromatic hydroxyl groups is 1. The predicted octanol–water partition coefficient (Wildman–Crippen LogP) is 5.14. The van der Waals surface area contributed by atoms with Crippen LogP contribution in [0.25, 0.3) is 55.8 Å². The molecule has 0 amide bonds. The molecule has 8 nitrogen and oxygen atoms in total. The number of H-pyrrole nitrogens is 2. The van der Waals surface area contributed by atoms with Crippen LogP contribution in [0.2, 0.25) is 0 Å². The van der Waals surface area contributed by atoms with E-state index in [1.165, 1.54) is 12.1 Å². The Bertz CT molecular complexity index is 1720. The Hall–Kier alpha value is -4.63. The van der Waals surface area contributed by atoms with Crippen LogP contribution in [0.15, 0.2) is 67.1 Å². The summed E-state index contributed by atoms with van der Waals surface area (Å²) in [5, 5.41) is 18.3. The molecule has 0 aliphatic carbocycles. The van der Waals surface area contributed by atoms with Crippen LogP contribution in [0.5, 0.6) is 5.75 Å². The Kier molecular flexibility index (Phi) is 5.19. The number of para-hydroxylation sites is 1. The van der Waals surface area contributed by atoms with Crippen LogP contribution >= 0.6 is 0 Å². The first kappa shape index (κ1) is 21.9. The molecular formula is C27H22FN7O. The minimum atomic E-state index is -0.514.